The van der Waals surface area contributed by atoms with Crippen LogP contribution in [0.25, 0.3) is 33.2 Å². The Hall–Kier alpha value is -11.8. The van der Waals surface area contributed by atoms with Crippen LogP contribution in [-0.4, -0.2) is 186 Å². The fourth-order valence-corrected chi connectivity index (χ4v) is 22.3. The zero-order chi connectivity index (χ0) is 92.7. The lowest BCUT2D eigenvalue weighted by atomic mass is 9.72. The van der Waals surface area contributed by atoms with Crippen molar-refractivity contribution >= 4 is 127 Å². The summed E-state index contributed by atoms with van der Waals surface area (Å²) in [4.78, 5) is 79.6. The van der Waals surface area contributed by atoms with Gasteiger partial charge in [0.1, 0.15) is 45.8 Å². The van der Waals surface area contributed by atoms with E-state index in [-0.39, 0.29) is 87.7 Å². The maximum absolute atomic E-state index is 14.1. The Morgan fingerprint density at radius 2 is 1.01 bits per heavy atom. The third kappa shape index (κ3) is 21.3. The van der Waals surface area contributed by atoms with Crippen LogP contribution in [-0.2, 0) is 42.6 Å². The van der Waals surface area contributed by atoms with E-state index in [1.807, 2.05) is 59.8 Å². The number of carbonyl (C=O) groups excluding carboxylic acids is 2. The number of ether oxygens (including phenoxy) is 4. The summed E-state index contributed by atoms with van der Waals surface area (Å²) in [6, 6.07) is 41.9. The van der Waals surface area contributed by atoms with E-state index < -0.39 is 66.9 Å². The average Bonchev–Trinajstić information content (AvgIpc) is 0.951. The zero-order valence-corrected chi connectivity index (χ0v) is 78.4. The maximum atomic E-state index is 14.1. The Morgan fingerprint density at radius 1 is 0.553 bits per heavy atom. The van der Waals surface area contributed by atoms with Gasteiger partial charge < -0.3 is 38.7 Å². The first-order valence-corrected chi connectivity index (χ1v) is 50.3. The van der Waals surface area contributed by atoms with Gasteiger partial charge in [-0.05, 0) is 213 Å². The summed E-state index contributed by atoms with van der Waals surface area (Å²) in [6.45, 7) is 20.8. The summed E-state index contributed by atoms with van der Waals surface area (Å²) in [5.74, 6) is 2.96. The van der Waals surface area contributed by atoms with Crippen LogP contribution in [0.4, 0.5) is 22.7 Å². The SMILES string of the molecule is C=S(C)(=O)N1CCC(C[C@@H]2COc3cc(S(=O)(=O)NC(=O)c4ccc(N5CCN(CC6=C(c7ccc(Cl)cc7)CC(C)(C)CC6)CC5)cc4Oc4cnc5[nH]ccc5c4)cc([N+](=O)[O-])c3C2)CC1.Cc1ccc([C@H]2COc3cc(S(=O)(=O)NC(=O)c4ccc(N5CCN(CC6=C(c7ccc(Cl)cc7)CC(C)(C)CC6)CC5)cc4Oc4cnc5[nH]ccc5c4)cc([N+](=O)[O-])c3C2)nc1. The molecular formula is C98H106Cl2N14O15S3. The molecule has 34 heteroatoms. The molecule has 10 heterocycles. The molecule has 132 heavy (non-hydrogen) atoms. The number of H-pyrrole nitrogens is 2. The van der Waals surface area contributed by atoms with E-state index >= 15 is 0 Å². The number of allylic oxidation sites excluding steroid dienone is 2. The molecule has 0 saturated carbocycles. The molecule has 5 aliphatic heterocycles. The Morgan fingerprint density at radius 3 is 1.45 bits per heavy atom. The number of aryl methyl sites for hydroxylation is 1. The molecule has 4 N–H and O–H groups in total. The van der Waals surface area contributed by atoms with E-state index in [0.29, 0.717) is 85.7 Å². The molecule has 3 saturated heterocycles. The topological polar surface area (TPSA) is 353 Å². The minimum atomic E-state index is -4.66. The van der Waals surface area contributed by atoms with E-state index in [0.717, 1.165) is 147 Å². The summed E-state index contributed by atoms with van der Waals surface area (Å²) in [7, 11) is -11.6. The van der Waals surface area contributed by atoms with Crippen molar-refractivity contribution in [1.29, 1.82) is 0 Å². The highest BCUT2D eigenvalue weighted by molar-refractivity contribution is 7.97. The molecule has 0 spiro atoms. The lowest BCUT2D eigenvalue weighted by Gasteiger charge is -2.39. The second-order valence-corrected chi connectivity index (χ2v) is 43.9. The van der Waals surface area contributed by atoms with Gasteiger partial charge in [0, 0.05) is 193 Å². The van der Waals surface area contributed by atoms with Gasteiger partial charge in [0.15, 0.2) is 0 Å². The predicted molar refractivity (Wildman–Crippen MR) is 514 cm³/mol. The number of benzene rings is 6. The van der Waals surface area contributed by atoms with Gasteiger partial charge in [-0.25, -0.2) is 40.6 Å². The van der Waals surface area contributed by atoms with E-state index in [1.165, 1.54) is 64.0 Å². The number of rotatable bonds is 24. The van der Waals surface area contributed by atoms with Crippen LogP contribution < -0.4 is 38.2 Å². The van der Waals surface area contributed by atoms with Crippen LogP contribution in [0, 0.1) is 49.8 Å². The fourth-order valence-electron chi connectivity index (χ4n) is 19.1. The number of fused-ring (bicyclic) bond motifs is 4. The monoisotopic (exact) mass is 1880 g/mol. The molecule has 2 aliphatic carbocycles. The van der Waals surface area contributed by atoms with E-state index in [1.54, 1.807) is 67.3 Å². The Labute approximate surface area is 777 Å². The molecule has 1 unspecified atom stereocenters. The molecule has 690 valence electrons. The molecular weight excluding hydrogens is 1780 g/mol. The molecule has 0 bridgehead atoms. The lowest BCUT2D eigenvalue weighted by Crippen LogP contribution is -2.47. The largest absolute Gasteiger partial charge is 0.493 e. The number of nitro groups is 2. The van der Waals surface area contributed by atoms with Gasteiger partial charge in [-0.2, -0.15) is 0 Å². The summed E-state index contributed by atoms with van der Waals surface area (Å²) in [6.07, 6.45) is 19.3. The number of piperidine rings is 1. The summed E-state index contributed by atoms with van der Waals surface area (Å²) in [5, 5.41) is 27.8. The van der Waals surface area contributed by atoms with Crippen molar-refractivity contribution in [2.75, 3.05) is 108 Å². The molecule has 7 aliphatic rings. The average molecular weight is 1890 g/mol. The smallest absolute Gasteiger partial charge is 0.277 e. The third-order valence-electron chi connectivity index (χ3n) is 26.5. The maximum Gasteiger partial charge on any atom is 0.277 e. The number of halogens is 2. The molecule has 29 nitrogen and oxygen atoms in total. The van der Waals surface area contributed by atoms with Crippen LogP contribution in [0.3, 0.4) is 0 Å². The number of pyridine rings is 3. The quantitative estimate of drug-likeness (QED) is 0.0248. The number of anilines is 2. The molecule has 3 fully saturated rings. The highest BCUT2D eigenvalue weighted by atomic mass is 35.5. The summed E-state index contributed by atoms with van der Waals surface area (Å²) < 4.78 is 99.2. The van der Waals surface area contributed by atoms with Crippen molar-refractivity contribution in [1.82, 2.24) is 48.5 Å². The Bertz CT molecular complexity index is 6700. The molecule has 0 radical (unpaired) electrons. The van der Waals surface area contributed by atoms with E-state index in [9.17, 15) is 50.9 Å². The minimum absolute atomic E-state index is 0.0231. The summed E-state index contributed by atoms with van der Waals surface area (Å²) in [5.41, 5.74) is 12.9. The van der Waals surface area contributed by atoms with Crippen molar-refractivity contribution in [2.45, 2.75) is 121 Å². The van der Waals surface area contributed by atoms with Gasteiger partial charge >= 0.3 is 0 Å². The predicted octanol–water partition coefficient (Wildman–Crippen LogP) is 18.0. The van der Waals surface area contributed by atoms with Gasteiger partial charge in [-0.3, -0.25) is 48.8 Å². The standard InChI is InChI=1S/C50H58ClN7O8S2.C48H48ClN7O7S/c1-50(2)15-11-37(44(29-50)35-5-7-38(51)8-6-35)31-55-19-21-56(22-20-55)39-9-10-42(47(26-39)66-40-25-36-12-16-52-48(36)53-30-40)49(59)54-68(63,64)41-27-45(58(60)61)43-24-34(32-65-46(43)28-41)23-33-13-17-57(18-14-33)67(3,4)62;1-30-4-11-42(51-26-30)34-21-40-43(56(58)59)23-38(24-44(40)62-29-34)64(60,61)53-47(57)39-10-9-36(22-45(39)63-37-20-32-13-15-50-46(32)52-27-37)55-18-16-54(17-19-55)28-33-12-14-48(2,3)25-41(33)31-5-7-35(49)8-6-31/h5-10,12,16,25-28,30,33-34H,3,11,13-15,17-24,29,31-32H2,1-2,4H3,(H,52,53)(H,54,59);4-11,13,15,20,22-24,26-27,34H,12,14,16-19,21,25,28-29H2,1-3H3,(H,50,52)(H,53,57)/t34-,67?;34-/m01/s1. The van der Waals surface area contributed by atoms with Crippen LogP contribution in [0.1, 0.15) is 146 Å². The number of piperazine rings is 2. The zero-order valence-electron chi connectivity index (χ0n) is 74.4. The van der Waals surface area contributed by atoms with Gasteiger partial charge in [-0.1, -0.05) is 92.4 Å². The minimum Gasteiger partial charge on any atom is -0.493 e. The van der Waals surface area contributed by atoms with Crippen molar-refractivity contribution in [3.63, 3.8) is 0 Å². The van der Waals surface area contributed by atoms with Crippen molar-refractivity contribution < 1.29 is 59.4 Å². The number of hydrogen-bond acceptors (Lipinski definition) is 22. The molecule has 6 aromatic carbocycles. The van der Waals surface area contributed by atoms with E-state index in [2.05, 4.69) is 112 Å². The lowest BCUT2D eigenvalue weighted by molar-refractivity contribution is -0.386. The van der Waals surface area contributed by atoms with Gasteiger partial charge in [0.2, 0.25) is 0 Å². The Kier molecular flexibility index (Phi) is 26.6. The number of sulfonamides is 2. The first-order chi connectivity index (χ1) is 63.0. The van der Waals surface area contributed by atoms with Crippen molar-refractivity contribution in [2.24, 2.45) is 22.7 Å². The first kappa shape index (κ1) is 92.1. The highest BCUT2D eigenvalue weighted by Crippen LogP contribution is 2.48. The molecule has 2 amide bonds. The second kappa shape index (κ2) is 38.1. The number of nitrogens with zero attached hydrogens (tertiary/aromatic N) is 10. The van der Waals surface area contributed by atoms with Crippen LogP contribution in [0.5, 0.6) is 34.5 Å². The van der Waals surface area contributed by atoms with Crippen LogP contribution in [0.2, 0.25) is 10.0 Å². The molecule has 5 aromatic heterocycles. The third-order valence-corrected chi connectivity index (χ3v) is 31.1. The number of amides is 2. The summed E-state index contributed by atoms with van der Waals surface area (Å²) >= 11 is 12.5. The molecule has 18 rings (SSSR count). The van der Waals surface area contributed by atoms with Gasteiger partial charge in [-0.15, -0.1) is 0 Å². The van der Waals surface area contributed by atoms with Crippen molar-refractivity contribution in [3.8, 4) is 34.5 Å². The van der Waals surface area contributed by atoms with Crippen molar-refractivity contribution in [3.05, 3.63) is 263 Å². The molecule has 11 aromatic rings. The molecule has 3 atom stereocenters. The Balaban J connectivity index is 0.000000185. The first-order valence-electron chi connectivity index (χ1n) is 44.5. The normalized spacial score (nSPS) is 19.1. The number of aromatic nitrogens is 5. The highest BCUT2D eigenvalue weighted by Gasteiger charge is 2.39. The second-order valence-electron chi connectivity index (χ2n) is 37.3. The number of aromatic amines is 2. The van der Waals surface area contributed by atoms with E-state index in [4.69, 9.17) is 42.1 Å². The number of carbonyl (C=O) groups is 2. The van der Waals surface area contributed by atoms with Gasteiger partial charge in [0.25, 0.3) is 43.2 Å². The number of nitro benzene ring substituents is 2. The number of hydrogen-bond donors (Lipinski definition) is 4. The fraction of sp³-hybridized carbons (Fsp3) is 0.367. The van der Waals surface area contributed by atoms with Gasteiger partial charge in [0.05, 0.1) is 67.5 Å². The van der Waals surface area contributed by atoms with Crippen LogP contribution >= 0.6 is 23.2 Å². The number of nitrogens with one attached hydrogen (secondary N) is 4. The van der Waals surface area contributed by atoms with Crippen LogP contribution in [0.15, 0.2) is 198 Å².